The summed E-state index contributed by atoms with van der Waals surface area (Å²) in [4.78, 5) is 10.1. The van der Waals surface area contributed by atoms with E-state index in [2.05, 4.69) is 0 Å². The smallest absolute Gasteiger partial charge is 1.00 e. The van der Waals surface area contributed by atoms with Gasteiger partial charge in [-0.3, -0.25) is 0 Å². The van der Waals surface area contributed by atoms with Crippen LogP contribution in [0.25, 0.3) is 0 Å². The number of aliphatic hydroxyl groups excluding tert-OH is 5. The molecule has 0 aliphatic carbocycles. The van der Waals surface area contributed by atoms with Gasteiger partial charge >= 0.3 is 35.5 Å². The number of aliphatic carboxylic acids is 1. The Balaban J connectivity index is -0.000000120. The Morgan fingerprint density at radius 2 is 1.50 bits per heavy atom. The third kappa shape index (κ3) is 8.30. The zero-order valence-corrected chi connectivity index (χ0v) is 14.5. The van der Waals surface area contributed by atoms with Crippen LogP contribution in [0.3, 0.4) is 0 Å². The van der Waals surface area contributed by atoms with Gasteiger partial charge in [0.25, 0.3) is 0 Å². The quantitative estimate of drug-likeness (QED) is 0.277. The van der Waals surface area contributed by atoms with Gasteiger partial charge in [0.05, 0.1) is 6.61 Å². The molecule has 0 bridgehead atoms. The third-order valence-corrected chi connectivity index (χ3v) is 1.51. The fourth-order valence-electron chi connectivity index (χ4n) is 0.668. The van der Waals surface area contributed by atoms with Crippen LogP contribution in [0, 0.1) is 0 Å². The maximum Gasteiger partial charge on any atom is 1.00 e. The number of hydrogen-bond donors (Lipinski definition) is 6. The monoisotopic (exact) mass is 320 g/mol. The largest absolute Gasteiger partial charge is 1.00 e. The molecule has 0 heterocycles. The van der Waals surface area contributed by atoms with Crippen molar-refractivity contribution in [3.05, 3.63) is 0 Å². The van der Waals surface area contributed by atoms with Crippen LogP contribution in [0.2, 0.25) is 0 Å². The van der Waals surface area contributed by atoms with Crippen molar-refractivity contribution < 1.29 is 85.9 Å². The van der Waals surface area contributed by atoms with Crippen molar-refractivity contribution in [2.24, 2.45) is 0 Å². The fourth-order valence-corrected chi connectivity index (χ4v) is 0.668. The summed E-state index contributed by atoms with van der Waals surface area (Å²) in [5.41, 5.74) is 0. The van der Waals surface area contributed by atoms with Gasteiger partial charge in [-0.2, -0.15) is 0 Å². The van der Waals surface area contributed by atoms with Gasteiger partial charge in [-0.05, 0) is 0 Å². The van der Waals surface area contributed by atoms with Crippen molar-refractivity contribution in [1.29, 1.82) is 0 Å². The minimum atomic E-state index is -2.20. The maximum absolute atomic E-state index is 10.1. The fraction of sp³-hybridized carbons (Fsp3) is 0.833. The SMILES string of the molecule is Cl.O=C(O)C(O)C(O)C(O)C(O)CO.[H-].[Na+].[Zn]. The molecule has 0 rings (SSSR count). The van der Waals surface area contributed by atoms with Crippen molar-refractivity contribution in [1.82, 2.24) is 0 Å². The zero-order chi connectivity index (χ0) is 10.6. The summed E-state index contributed by atoms with van der Waals surface area (Å²) >= 11 is 0. The van der Waals surface area contributed by atoms with Crippen molar-refractivity contribution in [3.8, 4) is 0 Å². The number of carboxylic acids is 1. The third-order valence-electron chi connectivity index (χ3n) is 1.51. The Labute approximate surface area is 134 Å². The molecule has 16 heavy (non-hydrogen) atoms. The average Bonchev–Trinajstić information content (AvgIpc) is 2.12. The summed E-state index contributed by atoms with van der Waals surface area (Å²) in [6.45, 7) is -0.843. The molecule has 0 aromatic carbocycles. The topological polar surface area (TPSA) is 138 Å². The molecule has 0 aliphatic heterocycles. The first-order chi connectivity index (χ1) is 5.91. The van der Waals surface area contributed by atoms with Crippen LogP contribution in [0.15, 0.2) is 0 Å². The molecule has 0 aromatic rings. The van der Waals surface area contributed by atoms with E-state index in [1.807, 2.05) is 0 Å². The van der Waals surface area contributed by atoms with Gasteiger partial charge in [0.15, 0.2) is 6.10 Å². The van der Waals surface area contributed by atoms with Crippen molar-refractivity contribution >= 4 is 18.4 Å². The van der Waals surface area contributed by atoms with E-state index in [-0.39, 0.29) is 62.9 Å². The minimum absolute atomic E-state index is 0. The molecule has 0 fully saturated rings. The molecule has 10 heteroatoms. The van der Waals surface area contributed by atoms with Crippen molar-refractivity contribution in [2.45, 2.75) is 24.4 Å². The van der Waals surface area contributed by atoms with E-state index < -0.39 is 37.0 Å². The van der Waals surface area contributed by atoms with Crippen LogP contribution < -0.4 is 29.6 Å². The van der Waals surface area contributed by atoms with Crippen LogP contribution in [-0.4, -0.2) is 67.6 Å². The Morgan fingerprint density at radius 1 is 1.12 bits per heavy atom. The summed E-state index contributed by atoms with van der Waals surface area (Å²) in [5, 5.41) is 51.8. The molecule has 0 amide bonds. The van der Waals surface area contributed by atoms with Gasteiger partial charge in [-0.15, -0.1) is 12.4 Å². The molecule has 0 radical (unpaired) electrons. The van der Waals surface area contributed by atoms with Crippen molar-refractivity contribution in [2.75, 3.05) is 6.61 Å². The predicted octanol–water partition coefficient (Wildman–Crippen LogP) is -5.96. The Hall–Kier alpha value is 1.18. The first-order valence-electron chi connectivity index (χ1n) is 3.47. The molecular formula is C6H14ClNaO7Zn. The molecule has 4 atom stereocenters. The standard InChI is InChI=1S/C6H12O7.ClH.Na.Zn.H/c7-1-2(8)3(9)4(10)5(11)6(12)13;;;;/h2-5,7-11H,1H2,(H,12,13);1H;;;/q;;+1;;-1. The van der Waals surface area contributed by atoms with Crippen LogP contribution in [0.4, 0.5) is 0 Å². The van der Waals surface area contributed by atoms with Crippen molar-refractivity contribution in [3.63, 3.8) is 0 Å². The van der Waals surface area contributed by atoms with Gasteiger partial charge in [0.2, 0.25) is 0 Å². The van der Waals surface area contributed by atoms with E-state index in [1.165, 1.54) is 0 Å². The van der Waals surface area contributed by atoms with E-state index in [0.29, 0.717) is 0 Å². The molecule has 0 saturated heterocycles. The van der Waals surface area contributed by atoms with E-state index in [1.54, 1.807) is 0 Å². The van der Waals surface area contributed by atoms with Gasteiger partial charge in [-0.1, -0.05) is 0 Å². The normalized spacial score (nSPS) is 16.6. The zero-order valence-electron chi connectivity index (χ0n) is 9.72. The summed E-state index contributed by atoms with van der Waals surface area (Å²) in [6.07, 6.45) is -7.84. The second-order valence-electron chi connectivity index (χ2n) is 2.51. The second kappa shape index (κ2) is 12.6. The number of carboxylic acid groups (broad SMARTS) is 1. The number of aliphatic hydroxyl groups is 5. The van der Waals surface area contributed by atoms with Crippen LogP contribution in [0.5, 0.6) is 0 Å². The second-order valence-corrected chi connectivity index (χ2v) is 2.51. The number of rotatable bonds is 5. The van der Waals surface area contributed by atoms with E-state index in [4.69, 9.17) is 30.6 Å². The molecule has 6 N–H and O–H groups in total. The van der Waals surface area contributed by atoms with Crippen LogP contribution >= 0.6 is 12.4 Å². The summed E-state index contributed by atoms with van der Waals surface area (Å²) in [5.74, 6) is -1.73. The Morgan fingerprint density at radius 3 is 1.75 bits per heavy atom. The Kier molecular flexibility index (Phi) is 20.4. The predicted molar refractivity (Wildman–Crippen MR) is 47.1 cm³/mol. The molecule has 4 unspecified atom stereocenters. The van der Waals surface area contributed by atoms with Gasteiger partial charge < -0.3 is 32.1 Å². The van der Waals surface area contributed by atoms with Gasteiger partial charge in [-0.25, -0.2) is 4.79 Å². The number of carbonyl (C=O) groups is 1. The number of halogens is 1. The summed E-state index contributed by atoms with van der Waals surface area (Å²) in [6, 6.07) is 0. The first kappa shape index (κ1) is 25.9. The van der Waals surface area contributed by atoms with Crippen LogP contribution in [0.1, 0.15) is 1.43 Å². The molecular weight excluding hydrogens is 308 g/mol. The maximum atomic E-state index is 10.1. The average molecular weight is 322 g/mol. The minimum Gasteiger partial charge on any atom is -1.00 e. The summed E-state index contributed by atoms with van der Waals surface area (Å²) in [7, 11) is 0. The number of hydrogen-bond acceptors (Lipinski definition) is 6. The molecule has 7 nitrogen and oxygen atoms in total. The molecule has 0 spiro atoms. The van der Waals surface area contributed by atoms with E-state index in [9.17, 15) is 4.79 Å². The van der Waals surface area contributed by atoms with Crippen LogP contribution in [-0.2, 0) is 24.3 Å². The van der Waals surface area contributed by atoms with E-state index in [0.717, 1.165) is 0 Å². The molecule has 0 aromatic heterocycles. The first-order valence-corrected chi connectivity index (χ1v) is 3.47. The van der Waals surface area contributed by atoms with Gasteiger partial charge in [0.1, 0.15) is 18.3 Å². The van der Waals surface area contributed by atoms with Gasteiger partial charge in [0, 0.05) is 19.5 Å². The molecule has 0 aliphatic rings. The molecule has 90 valence electrons. The molecule has 0 saturated carbocycles. The van der Waals surface area contributed by atoms with E-state index >= 15 is 0 Å². The summed E-state index contributed by atoms with van der Waals surface area (Å²) < 4.78 is 0. The Bertz CT molecular complexity index is 192.